The summed E-state index contributed by atoms with van der Waals surface area (Å²) in [5.41, 5.74) is 10.2. The van der Waals surface area contributed by atoms with Gasteiger partial charge in [0.2, 0.25) is 0 Å². The monoisotopic (exact) mass is 227 g/mol. The average Bonchev–Trinajstić information content (AvgIpc) is 2.29. The van der Waals surface area contributed by atoms with Crippen molar-refractivity contribution in [3.05, 3.63) is 53.9 Å². The molecule has 1 aromatic heterocycles. The van der Waals surface area contributed by atoms with Crippen molar-refractivity contribution in [1.82, 2.24) is 4.98 Å². The summed E-state index contributed by atoms with van der Waals surface area (Å²) in [5, 5.41) is 0. The van der Waals surface area contributed by atoms with E-state index in [9.17, 15) is 0 Å². The predicted molar refractivity (Wildman–Crippen MR) is 71.9 cm³/mol. The topological polar surface area (TPSA) is 42.2 Å². The van der Waals surface area contributed by atoms with E-state index in [1.807, 2.05) is 36.7 Å². The number of aromatic nitrogens is 1. The third-order valence-electron chi connectivity index (χ3n) is 2.77. The van der Waals surface area contributed by atoms with Gasteiger partial charge in [-0.1, -0.05) is 12.1 Å². The molecule has 2 aromatic rings. The first kappa shape index (κ1) is 11.5. The molecule has 1 aromatic carbocycles. The van der Waals surface area contributed by atoms with Crippen LogP contribution in [0.25, 0.3) is 0 Å². The number of nitrogen functional groups attached to an aromatic ring is 1. The summed E-state index contributed by atoms with van der Waals surface area (Å²) in [5.74, 6) is 0. The lowest BCUT2D eigenvalue weighted by atomic mass is 10.1. The number of nitrogens with zero attached hydrogens (tertiary/aromatic N) is 2. The quantitative estimate of drug-likeness (QED) is 0.819. The van der Waals surface area contributed by atoms with Crippen molar-refractivity contribution >= 4 is 11.4 Å². The Morgan fingerprint density at radius 3 is 2.82 bits per heavy atom. The second-order valence-corrected chi connectivity index (χ2v) is 4.26. The van der Waals surface area contributed by atoms with E-state index in [1.165, 1.54) is 16.8 Å². The number of aryl methyl sites for hydroxylation is 1. The van der Waals surface area contributed by atoms with Crippen LogP contribution in [-0.2, 0) is 6.54 Å². The Bertz CT molecular complexity index is 508. The fraction of sp³-hybridized carbons (Fsp3) is 0.214. The molecule has 2 N–H and O–H groups in total. The average molecular weight is 227 g/mol. The maximum Gasteiger partial charge on any atom is 0.0427 e. The Morgan fingerprint density at radius 1 is 1.29 bits per heavy atom. The highest BCUT2D eigenvalue weighted by atomic mass is 15.1. The summed E-state index contributed by atoms with van der Waals surface area (Å²) in [4.78, 5) is 6.30. The van der Waals surface area contributed by atoms with Crippen LogP contribution < -0.4 is 10.6 Å². The smallest absolute Gasteiger partial charge is 0.0427 e. The lowest BCUT2D eigenvalue weighted by Gasteiger charge is -2.21. The molecule has 3 heteroatoms. The summed E-state index contributed by atoms with van der Waals surface area (Å²) >= 11 is 0. The Morgan fingerprint density at radius 2 is 2.12 bits per heavy atom. The molecule has 0 amide bonds. The van der Waals surface area contributed by atoms with Crippen molar-refractivity contribution in [1.29, 1.82) is 0 Å². The van der Waals surface area contributed by atoms with Crippen molar-refractivity contribution in [3.63, 3.8) is 0 Å². The third kappa shape index (κ3) is 2.75. The van der Waals surface area contributed by atoms with Crippen molar-refractivity contribution < 1.29 is 0 Å². The number of hydrogen-bond donors (Lipinski definition) is 1. The minimum absolute atomic E-state index is 0.808. The number of pyridine rings is 1. The van der Waals surface area contributed by atoms with Crippen LogP contribution in [0.5, 0.6) is 0 Å². The molecule has 17 heavy (non-hydrogen) atoms. The van der Waals surface area contributed by atoms with Crippen molar-refractivity contribution in [2.24, 2.45) is 0 Å². The van der Waals surface area contributed by atoms with Crippen LogP contribution in [0.1, 0.15) is 11.1 Å². The van der Waals surface area contributed by atoms with Gasteiger partial charge in [0.25, 0.3) is 0 Å². The summed E-state index contributed by atoms with van der Waals surface area (Å²) in [6.45, 7) is 2.91. The van der Waals surface area contributed by atoms with E-state index in [1.54, 1.807) is 0 Å². The minimum atomic E-state index is 0.808. The summed E-state index contributed by atoms with van der Waals surface area (Å²) in [6, 6.07) is 10.0. The Balaban J connectivity index is 2.17. The van der Waals surface area contributed by atoms with Crippen LogP contribution >= 0.6 is 0 Å². The molecule has 0 aliphatic carbocycles. The molecule has 0 bridgehead atoms. The van der Waals surface area contributed by atoms with Gasteiger partial charge in [-0.25, -0.2) is 0 Å². The van der Waals surface area contributed by atoms with Crippen molar-refractivity contribution in [3.8, 4) is 0 Å². The SMILES string of the molecule is Cc1cnccc1N(C)Cc1cccc(N)c1. The zero-order valence-electron chi connectivity index (χ0n) is 10.2. The molecular weight excluding hydrogens is 210 g/mol. The van der Waals surface area contributed by atoms with Crippen LogP contribution in [0.2, 0.25) is 0 Å². The first-order valence-corrected chi connectivity index (χ1v) is 5.63. The van der Waals surface area contributed by atoms with Crippen LogP contribution in [-0.4, -0.2) is 12.0 Å². The highest BCUT2D eigenvalue weighted by molar-refractivity contribution is 5.52. The molecule has 0 aliphatic rings. The molecular formula is C14H17N3. The molecule has 88 valence electrons. The van der Waals surface area contributed by atoms with E-state index in [-0.39, 0.29) is 0 Å². The molecule has 0 fully saturated rings. The molecule has 0 radical (unpaired) electrons. The maximum absolute atomic E-state index is 5.77. The van der Waals surface area contributed by atoms with Gasteiger partial charge in [0, 0.05) is 37.4 Å². The van der Waals surface area contributed by atoms with Gasteiger partial charge in [0.1, 0.15) is 0 Å². The first-order valence-electron chi connectivity index (χ1n) is 5.63. The van der Waals surface area contributed by atoms with E-state index in [4.69, 9.17) is 5.73 Å². The molecule has 3 nitrogen and oxygen atoms in total. The summed E-state index contributed by atoms with van der Waals surface area (Å²) < 4.78 is 0. The van der Waals surface area contributed by atoms with Crippen LogP contribution in [0.4, 0.5) is 11.4 Å². The number of nitrogens with two attached hydrogens (primary N) is 1. The third-order valence-corrected chi connectivity index (χ3v) is 2.77. The molecule has 0 atom stereocenters. The molecule has 0 saturated carbocycles. The van der Waals surface area contributed by atoms with Gasteiger partial charge in [0.05, 0.1) is 0 Å². The largest absolute Gasteiger partial charge is 0.399 e. The molecule has 0 spiro atoms. The van der Waals surface area contributed by atoms with Gasteiger partial charge in [0.15, 0.2) is 0 Å². The van der Waals surface area contributed by atoms with Crippen LogP contribution in [0.15, 0.2) is 42.7 Å². The van der Waals surface area contributed by atoms with E-state index in [0.717, 1.165) is 12.2 Å². The van der Waals surface area contributed by atoms with Gasteiger partial charge >= 0.3 is 0 Å². The van der Waals surface area contributed by atoms with E-state index < -0.39 is 0 Å². The number of hydrogen-bond acceptors (Lipinski definition) is 3. The number of anilines is 2. The second kappa shape index (κ2) is 4.87. The Hall–Kier alpha value is -2.03. The molecule has 1 heterocycles. The highest BCUT2D eigenvalue weighted by Crippen LogP contribution is 2.19. The second-order valence-electron chi connectivity index (χ2n) is 4.26. The van der Waals surface area contributed by atoms with E-state index in [2.05, 4.69) is 29.9 Å². The fourth-order valence-corrected chi connectivity index (χ4v) is 1.94. The van der Waals surface area contributed by atoms with Gasteiger partial charge in [-0.2, -0.15) is 0 Å². The minimum Gasteiger partial charge on any atom is -0.399 e. The van der Waals surface area contributed by atoms with Gasteiger partial charge in [-0.05, 0) is 36.2 Å². The molecule has 0 unspecified atom stereocenters. The van der Waals surface area contributed by atoms with Gasteiger partial charge in [-0.15, -0.1) is 0 Å². The first-order chi connectivity index (χ1) is 8.16. The number of benzene rings is 1. The Labute approximate surface area is 102 Å². The molecule has 0 aliphatic heterocycles. The Kier molecular flexibility index (Phi) is 3.28. The molecule has 2 rings (SSSR count). The van der Waals surface area contributed by atoms with Gasteiger partial charge < -0.3 is 10.6 Å². The normalized spacial score (nSPS) is 10.2. The standard InChI is InChI=1S/C14H17N3/c1-11-9-16-7-6-14(11)17(2)10-12-4-3-5-13(15)8-12/h3-9H,10,15H2,1-2H3. The predicted octanol–water partition coefficient (Wildman–Crippen LogP) is 2.61. The van der Waals surface area contributed by atoms with Crippen molar-refractivity contribution in [2.75, 3.05) is 17.7 Å². The summed E-state index contributed by atoms with van der Waals surface area (Å²) in [7, 11) is 2.07. The lowest BCUT2D eigenvalue weighted by molar-refractivity contribution is 0.914. The summed E-state index contributed by atoms with van der Waals surface area (Å²) in [6.07, 6.45) is 3.70. The number of rotatable bonds is 3. The maximum atomic E-state index is 5.77. The highest BCUT2D eigenvalue weighted by Gasteiger charge is 2.04. The van der Waals surface area contributed by atoms with Crippen LogP contribution in [0.3, 0.4) is 0 Å². The zero-order chi connectivity index (χ0) is 12.3. The van der Waals surface area contributed by atoms with E-state index >= 15 is 0 Å². The van der Waals surface area contributed by atoms with Gasteiger partial charge in [-0.3, -0.25) is 4.98 Å². The molecule has 0 saturated heterocycles. The van der Waals surface area contributed by atoms with E-state index in [0.29, 0.717) is 0 Å². The van der Waals surface area contributed by atoms with Crippen LogP contribution in [0, 0.1) is 6.92 Å². The fourth-order valence-electron chi connectivity index (χ4n) is 1.94. The van der Waals surface area contributed by atoms with Crippen molar-refractivity contribution in [2.45, 2.75) is 13.5 Å². The zero-order valence-corrected chi connectivity index (χ0v) is 10.2. The lowest BCUT2D eigenvalue weighted by Crippen LogP contribution is -2.17.